The summed E-state index contributed by atoms with van der Waals surface area (Å²) in [6.07, 6.45) is 5.05. The van der Waals surface area contributed by atoms with Crippen molar-refractivity contribution in [3.05, 3.63) is 48.4 Å². The lowest BCUT2D eigenvalue weighted by atomic mass is 9.90. The molecular weight excluding hydrogens is 360 g/mol. The van der Waals surface area contributed by atoms with Crippen LogP contribution in [0, 0.1) is 37.5 Å². The van der Waals surface area contributed by atoms with Crippen molar-refractivity contribution in [2.75, 3.05) is 0 Å². The van der Waals surface area contributed by atoms with Gasteiger partial charge in [0.05, 0.1) is 22.0 Å². The van der Waals surface area contributed by atoms with Gasteiger partial charge in [-0.3, -0.25) is 25.2 Å². The Kier molecular flexibility index (Phi) is 4.90. The number of phenolic OH excluding ortho intramolecular Hbond substituents is 1. The van der Waals surface area contributed by atoms with Crippen LogP contribution in [0.25, 0.3) is 0 Å². The first-order chi connectivity index (χ1) is 12.4. The number of aliphatic imine (C=N–C) groups is 1. The number of rotatable bonds is 4. The third kappa shape index (κ3) is 3.25. The fourth-order valence-corrected chi connectivity index (χ4v) is 4.55. The fraction of sp³-hybridized carbons (Fsp3) is 0.375. The Balaban J connectivity index is 1.92. The summed E-state index contributed by atoms with van der Waals surface area (Å²) in [5.74, 6) is -1.07. The molecule has 134 valence electrons. The summed E-state index contributed by atoms with van der Waals surface area (Å²) in [6.45, 7) is 0. The number of hydrogen-bond acceptors (Lipinski definition) is 8. The number of non-ortho nitro benzene ring substituents is 1. The number of nitriles is 1. The van der Waals surface area contributed by atoms with E-state index in [4.69, 9.17) is 0 Å². The highest BCUT2D eigenvalue weighted by Crippen LogP contribution is 2.49. The molecule has 0 saturated carbocycles. The van der Waals surface area contributed by atoms with Crippen LogP contribution >= 0.6 is 11.8 Å². The van der Waals surface area contributed by atoms with E-state index in [1.165, 1.54) is 22.9 Å². The van der Waals surface area contributed by atoms with Crippen molar-refractivity contribution in [2.24, 2.45) is 10.9 Å². The van der Waals surface area contributed by atoms with E-state index in [2.05, 4.69) is 11.1 Å². The van der Waals surface area contributed by atoms with E-state index in [1.807, 2.05) is 0 Å². The van der Waals surface area contributed by atoms with Crippen molar-refractivity contribution in [2.45, 2.75) is 31.1 Å². The molecule has 0 bridgehead atoms. The summed E-state index contributed by atoms with van der Waals surface area (Å²) in [5.41, 5.74) is -0.286. The highest BCUT2D eigenvalue weighted by molar-refractivity contribution is 8.04. The second-order valence-corrected chi connectivity index (χ2v) is 7.18. The third-order valence-electron chi connectivity index (χ3n) is 4.39. The molecule has 0 saturated heterocycles. The molecule has 3 rings (SSSR count). The number of nitro benzene ring substituents is 2. The summed E-state index contributed by atoms with van der Waals surface area (Å²) in [4.78, 5) is 25.8. The Morgan fingerprint density at radius 2 is 2.00 bits per heavy atom. The molecule has 26 heavy (non-hydrogen) atoms. The molecule has 0 radical (unpaired) electrons. The topological polar surface area (TPSA) is 143 Å². The van der Waals surface area contributed by atoms with Crippen molar-refractivity contribution in [3.8, 4) is 11.8 Å². The Morgan fingerprint density at radius 3 is 2.65 bits per heavy atom. The molecule has 9 nitrogen and oxygen atoms in total. The van der Waals surface area contributed by atoms with Gasteiger partial charge in [-0.05, 0) is 36.2 Å². The molecule has 1 aromatic carbocycles. The summed E-state index contributed by atoms with van der Waals surface area (Å²) in [5, 5.41) is 41.1. The lowest BCUT2D eigenvalue weighted by Gasteiger charge is -2.14. The number of allylic oxidation sites excluding steroid dienone is 1. The van der Waals surface area contributed by atoms with Gasteiger partial charge in [0, 0.05) is 17.8 Å². The van der Waals surface area contributed by atoms with Crippen molar-refractivity contribution >= 4 is 29.4 Å². The lowest BCUT2D eigenvalue weighted by Crippen LogP contribution is -2.11. The standard InChI is InChI=1S/C16H14N4O5S/c17-7-12-11-3-1-2-4-14(11)26-16(12)18-8-9-5-10(19(22)23)6-13(15(9)21)20(24)25/h5-6,8,12,16,21H,1-4H2/t12-,16-/m0/s1. The van der Waals surface area contributed by atoms with Crippen LogP contribution in [-0.4, -0.2) is 26.5 Å². The molecule has 2 aliphatic rings. The Labute approximate surface area is 152 Å². The zero-order valence-corrected chi connectivity index (χ0v) is 14.3. The number of nitrogens with zero attached hydrogens (tertiary/aromatic N) is 4. The van der Waals surface area contributed by atoms with Gasteiger partial charge < -0.3 is 5.11 Å². The quantitative estimate of drug-likeness (QED) is 0.481. The Bertz CT molecular complexity index is 889. The van der Waals surface area contributed by atoms with Crippen LogP contribution in [0.1, 0.15) is 31.2 Å². The van der Waals surface area contributed by atoms with E-state index in [-0.39, 0.29) is 11.5 Å². The van der Waals surface area contributed by atoms with Gasteiger partial charge in [-0.15, -0.1) is 11.8 Å². The van der Waals surface area contributed by atoms with Gasteiger partial charge in [0.1, 0.15) is 11.3 Å². The summed E-state index contributed by atoms with van der Waals surface area (Å²) >= 11 is 1.48. The molecule has 0 spiro atoms. The number of hydrogen-bond donors (Lipinski definition) is 1. The number of phenols is 1. The minimum atomic E-state index is -0.887. The lowest BCUT2D eigenvalue weighted by molar-refractivity contribution is -0.394. The van der Waals surface area contributed by atoms with Crippen LogP contribution in [0.2, 0.25) is 0 Å². The number of nitro groups is 2. The van der Waals surface area contributed by atoms with Crippen molar-refractivity contribution in [3.63, 3.8) is 0 Å². The molecule has 0 unspecified atom stereocenters. The molecule has 1 aliphatic carbocycles. The predicted molar refractivity (Wildman–Crippen MR) is 95.0 cm³/mol. The van der Waals surface area contributed by atoms with E-state index >= 15 is 0 Å². The van der Waals surface area contributed by atoms with E-state index in [0.717, 1.165) is 37.3 Å². The molecule has 10 heteroatoms. The molecule has 1 aliphatic heterocycles. The van der Waals surface area contributed by atoms with Gasteiger partial charge in [-0.25, -0.2) is 0 Å². The van der Waals surface area contributed by atoms with Gasteiger partial charge >= 0.3 is 5.69 Å². The van der Waals surface area contributed by atoms with E-state index in [9.17, 15) is 30.6 Å². The smallest absolute Gasteiger partial charge is 0.318 e. The predicted octanol–water partition coefficient (Wildman–Crippen LogP) is 3.67. The van der Waals surface area contributed by atoms with E-state index in [1.54, 1.807) is 0 Å². The van der Waals surface area contributed by atoms with E-state index < -0.39 is 32.3 Å². The third-order valence-corrected chi connectivity index (χ3v) is 5.78. The fourth-order valence-electron chi connectivity index (χ4n) is 3.13. The monoisotopic (exact) mass is 374 g/mol. The van der Waals surface area contributed by atoms with E-state index in [0.29, 0.717) is 6.07 Å². The maximum Gasteiger partial charge on any atom is 0.318 e. The Hall–Kier alpha value is -2.93. The first-order valence-corrected chi connectivity index (χ1v) is 8.77. The second-order valence-electron chi connectivity index (χ2n) is 5.97. The van der Waals surface area contributed by atoms with Gasteiger partial charge in [-0.2, -0.15) is 5.26 Å². The molecule has 1 heterocycles. The normalized spacial score (nSPS) is 22.3. The van der Waals surface area contributed by atoms with Crippen molar-refractivity contribution in [1.82, 2.24) is 0 Å². The summed E-state index contributed by atoms with van der Waals surface area (Å²) in [7, 11) is 0. The first-order valence-electron chi connectivity index (χ1n) is 7.89. The average Bonchev–Trinajstić information content (AvgIpc) is 2.97. The van der Waals surface area contributed by atoms with Gasteiger partial charge in [0.15, 0.2) is 0 Å². The minimum Gasteiger partial charge on any atom is -0.502 e. The molecule has 0 amide bonds. The average molecular weight is 374 g/mol. The number of benzene rings is 1. The maximum absolute atomic E-state index is 11.0. The highest BCUT2D eigenvalue weighted by atomic mass is 32.2. The van der Waals surface area contributed by atoms with Crippen LogP contribution in [-0.2, 0) is 0 Å². The molecule has 0 aromatic heterocycles. The van der Waals surface area contributed by atoms with Crippen molar-refractivity contribution in [1.29, 1.82) is 5.26 Å². The van der Waals surface area contributed by atoms with Crippen LogP contribution in [0.4, 0.5) is 11.4 Å². The zero-order valence-electron chi connectivity index (χ0n) is 13.5. The van der Waals surface area contributed by atoms with Crippen LogP contribution in [0.15, 0.2) is 27.6 Å². The first kappa shape index (κ1) is 17.9. The van der Waals surface area contributed by atoms with Gasteiger partial charge in [-0.1, -0.05) is 0 Å². The number of aromatic hydroxyl groups is 1. The molecule has 0 fully saturated rings. The highest BCUT2D eigenvalue weighted by Gasteiger charge is 2.36. The van der Waals surface area contributed by atoms with Gasteiger partial charge in [0.25, 0.3) is 5.69 Å². The molecule has 1 N–H and O–H groups in total. The molecule has 1 aromatic rings. The van der Waals surface area contributed by atoms with Crippen LogP contribution < -0.4 is 0 Å². The number of thioether (sulfide) groups is 1. The SMILES string of the molecule is N#C[C@H]1C2=C(CCCC2)S[C@@H]1N=Cc1cc([N+](=O)[O-])cc([N+](=O)[O-])c1O. The largest absolute Gasteiger partial charge is 0.502 e. The summed E-state index contributed by atoms with van der Waals surface area (Å²) in [6, 6.07) is 3.98. The van der Waals surface area contributed by atoms with Crippen molar-refractivity contribution < 1.29 is 15.0 Å². The molecule has 2 atom stereocenters. The second kappa shape index (κ2) is 7.13. The van der Waals surface area contributed by atoms with Gasteiger partial charge in [0.2, 0.25) is 5.75 Å². The Morgan fingerprint density at radius 1 is 1.27 bits per heavy atom. The maximum atomic E-state index is 11.0. The zero-order chi connectivity index (χ0) is 18.8. The van der Waals surface area contributed by atoms with Crippen LogP contribution in [0.5, 0.6) is 5.75 Å². The van der Waals surface area contributed by atoms with Crippen LogP contribution in [0.3, 0.4) is 0 Å². The summed E-state index contributed by atoms with van der Waals surface area (Å²) < 4.78 is 0. The minimum absolute atomic E-state index is 0.118. The molecular formula is C16H14N4O5S.